The van der Waals surface area contributed by atoms with Gasteiger partial charge in [0.25, 0.3) is 5.69 Å². The summed E-state index contributed by atoms with van der Waals surface area (Å²) in [5.74, 6) is -3.45. The van der Waals surface area contributed by atoms with Gasteiger partial charge < -0.3 is 10.4 Å². The molecule has 0 spiro atoms. The molecule has 2 N–H and O–H groups in total. The Morgan fingerprint density at radius 1 is 1.37 bits per heavy atom. The number of carboxylic acids is 1. The van der Waals surface area contributed by atoms with Gasteiger partial charge >= 0.3 is 5.97 Å². The van der Waals surface area contributed by atoms with Gasteiger partial charge in [0.1, 0.15) is 0 Å². The van der Waals surface area contributed by atoms with Gasteiger partial charge in [0.2, 0.25) is 0 Å². The highest BCUT2D eigenvalue weighted by atomic mass is 19.2. The van der Waals surface area contributed by atoms with Crippen LogP contribution < -0.4 is 5.32 Å². The third-order valence-electron chi connectivity index (χ3n) is 2.39. The summed E-state index contributed by atoms with van der Waals surface area (Å²) in [4.78, 5) is 20.1. The van der Waals surface area contributed by atoms with Crippen LogP contribution in [0.3, 0.4) is 0 Å². The predicted molar refractivity (Wildman–Crippen MR) is 63.0 cm³/mol. The van der Waals surface area contributed by atoms with Gasteiger partial charge in [0.05, 0.1) is 4.92 Å². The molecule has 0 unspecified atom stereocenters. The highest BCUT2D eigenvalue weighted by molar-refractivity contribution is 5.66. The van der Waals surface area contributed by atoms with Gasteiger partial charge in [0.15, 0.2) is 17.3 Å². The number of unbranched alkanes of at least 4 members (excludes halogenated alkanes) is 1. The lowest BCUT2D eigenvalue weighted by atomic mass is 10.2. The fraction of sp³-hybridized carbons (Fsp3) is 0.364. The molecule has 0 heterocycles. The Morgan fingerprint density at radius 2 is 2.05 bits per heavy atom. The maximum Gasteiger partial charge on any atom is 0.303 e. The van der Waals surface area contributed by atoms with Gasteiger partial charge in [-0.05, 0) is 18.9 Å². The molecule has 104 valence electrons. The van der Waals surface area contributed by atoms with Crippen molar-refractivity contribution < 1.29 is 23.6 Å². The molecule has 6 nitrogen and oxygen atoms in total. The monoisotopic (exact) mass is 274 g/mol. The van der Waals surface area contributed by atoms with Crippen LogP contribution in [0.2, 0.25) is 0 Å². The number of hydrogen-bond acceptors (Lipinski definition) is 4. The summed E-state index contributed by atoms with van der Waals surface area (Å²) in [6.07, 6.45) is 0.669. The highest BCUT2D eigenvalue weighted by Gasteiger charge is 2.20. The molecule has 1 aromatic rings. The number of nitro benzene ring substituents is 1. The van der Waals surface area contributed by atoms with E-state index in [9.17, 15) is 23.7 Å². The molecule has 0 fully saturated rings. The summed E-state index contributed by atoms with van der Waals surface area (Å²) in [6.45, 7) is 0.120. The van der Waals surface area contributed by atoms with Crippen LogP contribution in [0.1, 0.15) is 19.3 Å². The van der Waals surface area contributed by atoms with Gasteiger partial charge in [-0.3, -0.25) is 14.9 Å². The van der Waals surface area contributed by atoms with E-state index in [1.807, 2.05) is 0 Å². The molecule has 0 bridgehead atoms. The summed E-state index contributed by atoms with van der Waals surface area (Å²) in [5.41, 5.74) is -1.07. The maximum absolute atomic E-state index is 13.4. The van der Waals surface area contributed by atoms with Crippen LogP contribution in [0.5, 0.6) is 0 Å². The highest BCUT2D eigenvalue weighted by Crippen LogP contribution is 2.28. The van der Waals surface area contributed by atoms with Crippen molar-refractivity contribution in [3.63, 3.8) is 0 Å². The first-order valence-electron chi connectivity index (χ1n) is 5.51. The topological polar surface area (TPSA) is 92.5 Å². The normalized spacial score (nSPS) is 10.2. The predicted octanol–water partition coefficient (Wildman–Crippen LogP) is 2.54. The van der Waals surface area contributed by atoms with Crippen LogP contribution in [0, 0.1) is 21.7 Å². The zero-order valence-corrected chi connectivity index (χ0v) is 9.86. The molecule has 0 aliphatic heterocycles. The summed E-state index contributed by atoms with van der Waals surface area (Å²) >= 11 is 0. The standard InChI is InChI=1S/C11H12F2N2O4/c12-7-4-5-8(15(18)19)11(10(7)13)14-6-2-1-3-9(16)17/h4-5,14H,1-3,6H2,(H,16,17). The quantitative estimate of drug-likeness (QED) is 0.453. The van der Waals surface area contributed by atoms with Crippen LogP contribution in [0.15, 0.2) is 12.1 Å². The van der Waals surface area contributed by atoms with E-state index in [0.29, 0.717) is 18.9 Å². The number of nitro groups is 1. The van der Waals surface area contributed by atoms with E-state index in [1.165, 1.54) is 0 Å². The zero-order chi connectivity index (χ0) is 14.4. The smallest absolute Gasteiger partial charge is 0.303 e. The van der Waals surface area contributed by atoms with E-state index in [2.05, 4.69) is 5.32 Å². The third-order valence-corrected chi connectivity index (χ3v) is 2.39. The number of anilines is 1. The Bertz CT molecular complexity index is 494. The summed E-state index contributed by atoms with van der Waals surface area (Å²) in [5, 5.41) is 21.5. The first-order valence-corrected chi connectivity index (χ1v) is 5.51. The Labute approximate surface area is 107 Å². The van der Waals surface area contributed by atoms with Gasteiger partial charge in [-0.15, -0.1) is 0 Å². The van der Waals surface area contributed by atoms with Crippen molar-refractivity contribution in [1.82, 2.24) is 0 Å². The van der Waals surface area contributed by atoms with Crippen LogP contribution >= 0.6 is 0 Å². The minimum atomic E-state index is -1.31. The number of hydrogen-bond donors (Lipinski definition) is 2. The zero-order valence-electron chi connectivity index (χ0n) is 9.86. The molecule has 1 rings (SSSR count). The molecule has 0 saturated heterocycles. The second kappa shape index (κ2) is 6.62. The molecular weight excluding hydrogens is 262 g/mol. The van der Waals surface area contributed by atoms with E-state index in [1.54, 1.807) is 0 Å². The number of benzene rings is 1. The van der Waals surface area contributed by atoms with Gasteiger partial charge in [-0.25, -0.2) is 8.78 Å². The molecular formula is C11H12F2N2O4. The molecule has 0 amide bonds. The first-order chi connectivity index (χ1) is 8.93. The number of nitrogens with one attached hydrogen (secondary N) is 1. The van der Waals surface area contributed by atoms with Crippen molar-refractivity contribution in [2.75, 3.05) is 11.9 Å². The molecule has 8 heteroatoms. The first kappa shape index (κ1) is 14.8. The molecule has 0 aliphatic rings. The van der Waals surface area contributed by atoms with E-state index < -0.39 is 33.9 Å². The molecule has 0 atom stereocenters. The molecule has 0 radical (unpaired) electrons. The Balaban J connectivity index is 2.68. The second-order valence-electron chi connectivity index (χ2n) is 3.79. The average Bonchev–Trinajstić information content (AvgIpc) is 2.33. The Hall–Kier alpha value is -2.25. The number of nitrogens with zero attached hydrogens (tertiary/aromatic N) is 1. The van der Waals surface area contributed by atoms with Crippen molar-refractivity contribution in [1.29, 1.82) is 0 Å². The van der Waals surface area contributed by atoms with Crippen molar-refractivity contribution in [3.05, 3.63) is 33.9 Å². The lowest BCUT2D eigenvalue weighted by molar-refractivity contribution is -0.384. The van der Waals surface area contributed by atoms with E-state index >= 15 is 0 Å². The lowest BCUT2D eigenvalue weighted by Gasteiger charge is -2.08. The Morgan fingerprint density at radius 3 is 2.63 bits per heavy atom. The molecule has 0 aliphatic carbocycles. The van der Waals surface area contributed by atoms with Crippen molar-refractivity contribution >= 4 is 17.3 Å². The van der Waals surface area contributed by atoms with Crippen LogP contribution in [-0.2, 0) is 4.79 Å². The summed E-state index contributed by atoms with van der Waals surface area (Å²) < 4.78 is 26.4. The van der Waals surface area contributed by atoms with Gasteiger partial charge in [-0.1, -0.05) is 0 Å². The number of carboxylic acid groups (broad SMARTS) is 1. The number of rotatable bonds is 7. The lowest BCUT2D eigenvalue weighted by Crippen LogP contribution is -2.08. The molecule has 1 aromatic carbocycles. The fourth-order valence-corrected chi connectivity index (χ4v) is 1.48. The maximum atomic E-state index is 13.4. The van der Waals surface area contributed by atoms with E-state index in [4.69, 9.17) is 5.11 Å². The molecule has 0 aromatic heterocycles. The summed E-state index contributed by atoms with van der Waals surface area (Å²) in [7, 11) is 0. The van der Waals surface area contributed by atoms with Gasteiger partial charge in [0, 0.05) is 19.0 Å². The number of halogens is 2. The molecule has 0 saturated carbocycles. The van der Waals surface area contributed by atoms with E-state index in [0.717, 1.165) is 6.07 Å². The average molecular weight is 274 g/mol. The van der Waals surface area contributed by atoms with Crippen LogP contribution in [0.25, 0.3) is 0 Å². The van der Waals surface area contributed by atoms with Crippen molar-refractivity contribution in [2.45, 2.75) is 19.3 Å². The summed E-state index contributed by atoms with van der Waals surface area (Å²) in [6, 6.07) is 1.56. The van der Waals surface area contributed by atoms with E-state index in [-0.39, 0.29) is 13.0 Å². The van der Waals surface area contributed by atoms with Crippen molar-refractivity contribution in [2.24, 2.45) is 0 Å². The number of carbonyl (C=O) groups is 1. The minimum Gasteiger partial charge on any atom is -0.481 e. The Kier molecular flexibility index (Phi) is 5.16. The fourth-order valence-electron chi connectivity index (χ4n) is 1.48. The third kappa shape index (κ3) is 4.16. The molecule has 19 heavy (non-hydrogen) atoms. The SMILES string of the molecule is O=C(O)CCCCNc1c([N+](=O)[O-])ccc(F)c1F. The number of aliphatic carboxylic acids is 1. The van der Waals surface area contributed by atoms with Gasteiger partial charge in [-0.2, -0.15) is 0 Å². The van der Waals surface area contributed by atoms with Crippen LogP contribution in [-0.4, -0.2) is 22.5 Å². The minimum absolute atomic E-state index is 0.0462. The van der Waals surface area contributed by atoms with Crippen molar-refractivity contribution in [3.8, 4) is 0 Å². The largest absolute Gasteiger partial charge is 0.481 e. The van der Waals surface area contributed by atoms with Crippen LogP contribution in [0.4, 0.5) is 20.2 Å². The second-order valence-corrected chi connectivity index (χ2v) is 3.79.